The molecule has 2 aromatic carbocycles. The van der Waals surface area contributed by atoms with Gasteiger partial charge in [-0.15, -0.1) is 0 Å². The highest BCUT2D eigenvalue weighted by molar-refractivity contribution is 5.45. The number of quaternary nitrogens is 1. The molecule has 4 rings (SSSR count). The number of hydrogen-bond acceptors (Lipinski definition) is 0. The molecule has 0 radical (unpaired) electrons. The molecule has 2 N–H and O–H groups in total. The fraction of sp³-hybridized carbons (Fsp3) is 0.158. The predicted molar refractivity (Wildman–Crippen MR) is 84.7 cm³/mol. The minimum Gasteiger partial charge on any atom is -0.331 e. The molecular formula is C19H16F3N2+. The number of nitrogens with two attached hydrogens (primary N) is 1. The van der Waals surface area contributed by atoms with E-state index in [9.17, 15) is 13.2 Å². The molecule has 0 spiro atoms. The first-order valence-corrected chi connectivity index (χ1v) is 7.80. The lowest BCUT2D eigenvalue weighted by Crippen LogP contribution is -2.83. The van der Waals surface area contributed by atoms with E-state index in [2.05, 4.69) is 16.0 Å². The van der Waals surface area contributed by atoms with Gasteiger partial charge in [0.2, 0.25) is 0 Å². The van der Waals surface area contributed by atoms with E-state index in [4.69, 9.17) is 0 Å². The van der Waals surface area contributed by atoms with Crippen LogP contribution >= 0.6 is 0 Å². The van der Waals surface area contributed by atoms with Crippen molar-refractivity contribution in [3.63, 3.8) is 0 Å². The zero-order valence-electron chi connectivity index (χ0n) is 12.8. The third-order valence-corrected chi connectivity index (χ3v) is 4.50. The van der Waals surface area contributed by atoms with Gasteiger partial charge in [-0.25, -0.2) is 0 Å². The first-order chi connectivity index (χ1) is 11.5. The second-order valence-corrected chi connectivity index (χ2v) is 5.97. The molecular weight excluding hydrogens is 313 g/mol. The Labute approximate surface area is 137 Å². The maximum atomic E-state index is 13.1. The van der Waals surface area contributed by atoms with Crippen molar-refractivity contribution >= 4 is 0 Å². The van der Waals surface area contributed by atoms with Gasteiger partial charge in [-0.1, -0.05) is 30.3 Å². The molecule has 0 saturated heterocycles. The molecule has 0 fully saturated rings. The van der Waals surface area contributed by atoms with Crippen molar-refractivity contribution in [1.82, 2.24) is 4.57 Å². The summed E-state index contributed by atoms with van der Waals surface area (Å²) >= 11 is 0. The van der Waals surface area contributed by atoms with Gasteiger partial charge in [0.05, 0.1) is 16.9 Å². The number of hydrogen-bond donors (Lipinski definition) is 1. The van der Waals surface area contributed by atoms with Crippen LogP contribution in [-0.2, 0) is 12.7 Å². The molecule has 0 bridgehead atoms. The Bertz CT molecular complexity index is 880. The zero-order valence-corrected chi connectivity index (χ0v) is 12.8. The van der Waals surface area contributed by atoms with E-state index in [1.807, 2.05) is 36.5 Å². The number of halogens is 3. The number of nitrogens with zero attached hydrogens (tertiary/aromatic N) is 1. The molecule has 1 aliphatic rings. The monoisotopic (exact) mass is 329 g/mol. The van der Waals surface area contributed by atoms with Crippen LogP contribution in [0.3, 0.4) is 0 Å². The second kappa shape index (κ2) is 5.53. The van der Waals surface area contributed by atoms with Crippen LogP contribution in [0.2, 0.25) is 0 Å². The lowest BCUT2D eigenvalue weighted by atomic mass is 10.0. The van der Waals surface area contributed by atoms with Gasteiger partial charge in [-0.2, -0.15) is 13.2 Å². The summed E-state index contributed by atoms with van der Waals surface area (Å²) < 4.78 is 41.2. The fourth-order valence-electron chi connectivity index (χ4n) is 3.37. The van der Waals surface area contributed by atoms with Gasteiger partial charge in [0.15, 0.2) is 6.04 Å². The average molecular weight is 329 g/mol. The first kappa shape index (κ1) is 15.0. The predicted octanol–water partition coefficient (Wildman–Crippen LogP) is 3.66. The van der Waals surface area contributed by atoms with Crippen LogP contribution in [0, 0.1) is 0 Å². The molecule has 2 nitrogen and oxygen atoms in total. The number of para-hydroxylation sites is 1. The molecule has 24 heavy (non-hydrogen) atoms. The maximum absolute atomic E-state index is 13.1. The molecule has 1 aromatic heterocycles. The fourth-order valence-corrected chi connectivity index (χ4v) is 3.37. The molecule has 1 atom stereocenters. The number of fused-ring (bicyclic) bond motifs is 3. The minimum absolute atomic E-state index is 0.172. The molecule has 0 saturated carbocycles. The minimum atomic E-state index is -4.33. The molecule has 3 aromatic rings. The Morgan fingerprint density at radius 1 is 0.958 bits per heavy atom. The normalized spacial score (nSPS) is 17.0. The van der Waals surface area contributed by atoms with Crippen molar-refractivity contribution in [1.29, 1.82) is 0 Å². The van der Waals surface area contributed by atoms with Gasteiger partial charge in [0.25, 0.3) is 0 Å². The highest BCUT2D eigenvalue weighted by Gasteiger charge is 2.32. The molecule has 2 heterocycles. The van der Waals surface area contributed by atoms with E-state index in [0.29, 0.717) is 5.56 Å². The standard InChI is InChI=1S/C19H15F3N2/c20-19(21,22)15-7-3-6-13(11-15)18-17-9-4-10-24(17)16-8-2-1-5-14(16)12-23-18/h1-11,18,23H,12H2/p+1/t18-/m0/s1. The highest BCUT2D eigenvalue weighted by Crippen LogP contribution is 2.32. The van der Waals surface area contributed by atoms with Crippen molar-refractivity contribution in [3.8, 4) is 5.69 Å². The molecule has 0 aliphatic carbocycles. The van der Waals surface area contributed by atoms with Crippen molar-refractivity contribution in [3.05, 3.63) is 89.2 Å². The Kier molecular flexibility index (Phi) is 3.46. The number of benzene rings is 2. The van der Waals surface area contributed by atoms with E-state index in [1.165, 1.54) is 17.7 Å². The van der Waals surface area contributed by atoms with Crippen molar-refractivity contribution < 1.29 is 18.5 Å². The van der Waals surface area contributed by atoms with Crippen LogP contribution in [0.4, 0.5) is 13.2 Å². The number of alkyl halides is 3. The molecule has 0 amide bonds. The van der Waals surface area contributed by atoms with Crippen LogP contribution < -0.4 is 5.32 Å². The second-order valence-electron chi connectivity index (χ2n) is 5.97. The van der Waals surface area contributed by atoms with E-state index >= 15 is 0 Å². The summed E-state index contributed by atoms with van der Waals surface area (Å²) in [6, 6.07) is 17.4. The van der Waals surface area contributed by atoms with Gasteiger partial charge in [0.1, 0.15) is 6.54 Å². The topological polar surface area (TPSA) is 21.5 Å². The lowest BCUT2D eigenvalue weighted by molar-refractivity contribution is -0.702. The third kappa shape index (κ3) is 2.51. The van der Waals surface area contributed by atoms with Crippen molar-refractivity contribution in [2.75, 3.05) is 0 Å². The molecule has 0 unspecified atom stereocenters. The molecule has 122 valence electrons. The van der Waals surface area contributed by atoms with Gasteiger partial charge in [-0.05, 0) is 30.3 Å². The van der Waals surface area contributed by atoms with Crippen LogP contribution in [0.1, 0.15) is 28.4 Å². The summed E-state index contributed by atoms with van der Waals surface area (Å²) in [5, 5.41) is 2.09. The highest BCUT2D eigenvalue weighted by atomic mass is 19.4. The van der Waals surface area contributed by atoms with Crippen LogP contribution in [-0.4, -0.2) is 4.57 Å². The Morgan fingerprint density at radius 3 is 2.62 bits per heavy atom. The van der Waals surface area contributed by atoms with Crippen LogP contribution in [0.25, 0.3) is 5.69 Å². The van der Waals surface area contributed by atoms with Crippen molar-refractivity contribution in [2.45, 2.75) is 18.8 Å². The third-order valence-electron chi connectivity index (χ3n) is 4.50. The Balaban J connectivity index is 1.82. The number of rotatable bonds is 1. The SMILES string of the molecule is FC(F)(F)c1cccc([C@@H]2[NH2+]Cc3ccccc3-n3cccc32)c1. The van der Waals surface area contributed by atoms with Gasteiger partial charge in [0, 0.05) is 17.3 Å². The summed E-state index contributed by atoms with van der Waals surface area (Å²) in [6.45, 7) is 0.721. The molecule has 5 heteroatoms. The summed E-state index contributed by atoms with van der Waals surface area (Å²) in [5.41, 5.74) is 3.30. The maximum Gasteiger partial charge on any atom is 0.416 e. The Hall–Kier alpha value is -2.53. The van der Waals surface area contributed by atoms with Crippen LogP contribution in [0.5, 0.6) is 0 Å². The summed E-state index contributed by atoms with van der Waals surface area (Å²) in [6.07, 6.45) is -2.36. The Morgan fingerprint density at radius 2 is 1.79 bits per heavy atom. The summed E-state index contributed by atoms with van der Waals surface area (Å²) in [4.78, 5) is 0. The zero-order chi connectivity index (χ0) is 16.7. The number of aromatic nitrogens is 1. The first-order valence-electron chi connectivity index (χ1n) is 7.80. The smallest absolute Gasteiger partial charge is 0.331 e. The summed E-state index contributed by atoms with van der Waals surface area (Å²) in [5.74, 6) is 0. The van der Waals surface area contributed by atoms with Crippen LogP contribution in [0.15, 0.2) is 66.9 Å². The van der Waals surface area contributed by atoms with E-state index in [-0.39, 0.29) is 6.04 Å². The largest absolute Gasteiger partial charge is 0.416 e. The van der Waals surface area contributed by atoms with Gasteiger partial charge >= 0.3 is 6.18 Å². The lowest BCUT2D eigenvalue weighted by Gasteiger charge is -2.16. The van der Waals surface area contributed by atoms with Gasteiger partial charge in [-0.3, -0.25) is 0 Å². The quantitative estimate of drug-likeness (QED) is 0.704. The van der Waals surface area contributed by atoms with Gasteiger partial charge < -0.3 is 9.88 Å². The summed E-state index contributed by atoms with van der Waals surface area (Å²) in [7, 11) is 0. The van der Waals surface area contributed by atoms with E-state index < -0.39 is 11.7 Å². The molecule has 1 aliphatic heterocycles. The average Bonchev–Trinajstić information content (AvgIpc) is 2.99. The van der Waals surface area contributed by atoms with E-state index in [0.717, 1.165) is 24.0 Å². The van der Waals surface area contributed by atoms with Crippen molar-refractivity contribution in [2.24, 2.45) is 0 Å². The van der Waals surface area contributed by atoms with E-state index in [1.54, 1.807) is 6.07 Å².